The summed E-state index contributed by atoms with van der Waals surface area (Å²) in [5, 5.41) is 0. The largest absolute Gasteiger partial charge is 0.490 e. The van der Waals surface area contributed by atoms with Crippen molar-refractivity contribution in [3.05, 3.63) is 29.3 Å². The van der Waals surface area contributed by atoms with Crippen molar-refractivity contribution in [2.75, 3.05) is 6.61 Å². The highest BCUT2D eigenvalue weighted by Gasteiger charge is 2.27. The Labute approximate surface area is 77.5 Å². The molecule has 2 heteroatoms. The van der Waals surface area contributed by atoms with Crippen LogP contribution in [0.5, 0.6) is 5.75 Å². The average molecular weight is 176 g/mol. The number of epoxide rings is 1. The van der Waals surface area contributed by atoms with Gasteiger partial charge >= 0.3 is 0 Å². The smallest absolute Gasteiger partial charge is 0.123 e. The molecule has 0 radical (unpaired) electrons. The van der Waals surface area contributed by atoms with E-state index in [-0.39, 0.29) is 0 Å². The Hall–Kier alpha value is -1.02. The molecule has 1 aromatic rings. The zero-order chi connectivity index (χ0) is 8.84. The SMILES string of the molecule is CC1Cc2cc(C3CO3)ccc2O1. The summed E-state index contributed by atoms with van der Waals surface area (Å²) in [6.45, 7) is 2.99. The minimum atomic E-state index is 0.338. The highest BCUT2D eigenvalue weighted by molar-refractivity contribution is 5.41. The molecular weight excluding hydrogens is 164 g/mol. The minimum absolute atomic E-state index is 0.338. The third kappa shape index (κ3) is 1.22. The lowest BCUT2D eigenvalue weighted by molar-refractivity contribution is 0.254. The van der Waals surface area contributed by atoms with Crippen LogP contribution < -0.4 is 4.74 Å². The van der Waals surface area contributed by atoms with Gasteiger partial charge < -0.3 is 9.47 Å². The second-order valence-corrected chi connectivity index (χ2v) is 3.82. The highest BCUT2D eigenvalue weighted by Crippen LogP contribution is 2.35. The van der Waals surface area contributed by atoms with Gasteiger partial charge in [0.1, 0.15) is 18.0 Å². The van der Waals surface area contributed by atoms with E-state index in [1.165, 1.54) is 11.1 Å². The summed E-state index contributed by atoms with van der Waals surface area (Å²) in [5.41, 5.74) is 2.64. The lowest BCUT2D eigenvalue weighted by atomic mass is 10.1. The summed E-state index contributed by atoms with van der Waals surface area (Å²) in [6, 6.07) is 6.39. The van der Waals surface area contributed by atoms with Crippen molar-refractivity contribution < 1.29 is 9.47 Å². The third-order valence-electron chi connectivity index (χ3n) is 2.63. The van der Waals surface area contributed by atoms with E-state index in [2.05, 4.69) is 25.1 Å². The molecule has 2 heterocycles. The fraction of sp³-hybridized carbons (Fsp3) is 0.455. The molecule has 0 aliphatic carbocycles. The van der Waals surface area contributed by atoms with Crippen molar-refractivity contribution in [3.63, 3.8) is 0 Å². The number of fused-ring (bicyclic) bond motifs is 1. The summed E-state index contributed by atoms with van der Waals surface area (Å²) in [5.74, 6) is 1.05. The van der Waals surface area contributed by atoms with Crippen molar-refractivity contribution in [2.24, 2.45) is 0 Å². The lowest BCUT2D eigenvalue weighted by Gasteiger charge is -2.02. The highest BCUT2D eigenvalue weighted by atomic mass is 16.6. The Morgan fingerprint density at radius 3 is 3.00 bits per heavy atom. The van der Waals surface area contributed by atoms with Gasteiger partial charge in [-0.1, -0.05) is 6.07 Å². The van der Waals surface area contributed by atoms with Crippen molar-refractivity contribution >= 4 is 0 Å². The first-order valence-electron chi connectivity index (χ1n) is 4.74. The predicted molar refractivity (Wildman–Crippen MR) is 48.9 cm³/mol. The monoisotopic (exact) mass is 176 g/mol. The normalized spacial score (nSPS) is 29.6. The maximum absolute atomic E-state index is 5.62. The van der Waals surface area contributed by atoms with E-state index in [1.807, 2.05) is 0 Å². The van der Waals surface area contributed by atoms with Crippen LogP contribution in [0, 0.1) is 0 Å². The van der Waals surface area contributed by atoms with Crippen molar-refractivity contribution in [2.45, 2.75) is 25.6 Å². The molecule has 2 nitrogen and oxygen atoms in total. The summed E-state index contributed by atoms with van der Waals surface area (Å²) in [6.07, 6.45) is 1.74. The van der Waals surface area contributed by atoms with Crippen molar-refractivity contribution in [1.29, 1.82) is 0 Å². The molecule has 13 heavy (non-hydrogen) atoms. The molecule has 2 aliphatic rings. The third-order valence-corrected chi connectivity index (χ3v) is 2.63. The van der Waals surface area contributed by atoms with Gasteiger partial charge in [-0.3, -0.25) is 0 Å². The van der Waals surface area contributed by atoms with Gasteiger partial charge in [-0.15, -0.1) is 0 Å². The summed E-state index contributed by atoms with van der Waals surface area (Å²) >= 11 is 0. The zero-order valence-corrected chi connectivity index (χ0v) is 7.62. The fourth-order valence-electron chi connectivity index (χ4n) is 1.88. The van der Waals surface area contributed by atoms with E-state index >= 15 is 0 Å². The van der Waals surface area contributed by atoms with Gasteiger partial charge in [-0.25, -0.2) is 0 Å². The molecule has 2 aliphatic heterocycles. The van der Waals surface area contributed by atoms with Crippen LogP contribution in [-0.2, 0) is 11.2 Å². The molecule has 0 N–H and O–H groups in total. The van der Waals surface area contributed by atoms with E-state index in [0.717, 1.165) is 18.8 Å². The van der Waals surface area contributed by atoms with E-state index in [9.17, 15) is 0 Å². The van der Waals surface area contributed by atoms with Gasteiger partial charge in [0.2, 0.25) is 0 Å². The van der Waals surface area contributed by atoms with Crippen LogP contribution in [0.15, 0.2) is 18.2 Å². The molecule has 3 rings (SSSR count). The summed E-state index contributed by atoms with van der Waals surface area (Å²) in [7, 11) is 0. The van der Waals surface area contributed by atoms with Crippen LogP contribution in [0.2, 0.25) is 0 Å². The summed E-state index contributed by atoms with van der Waals surface area (Å²) in [4.78, 5) is 0. The Balaban J connectivity index is 1.98. The molecule has 0 spiro atoms. The molecule has 1 saturated heterocycles. The van der Waals surface area contributed by atoms with Crippen molar-refractivity contribution in [3.8, 4) is 5.75 Å². The number of ether oxygens (including phenoxy) is 2. The molecule has 0 amide bonds. The number of rotatable bonds is 1. The maximum Gasteiger partial charge on any atom is 0.123 e. The molecule has 2 unspecified atom stereocenters. The maximum atomic E-state index is 5.62. The van der Waals surface area contributed by atoms with E-state index in [1.54, 1.807) is 0 Å². The van der Waals surface area contributed by atoms with Gasteiger partial charge in [-0.2, -0.15) is 0 Å². The van der Waals surface area contributed by atoms with Crippen LogP contribution in [-0.4, -0.2) is 12.7 Å². The zero-order valence-electron chi connectivity index (χ0n) is 7.62. The Morgan fingerprint density at radius 2 is 2.23 bits per heavy atom. The Morgan fingerprint density at radius 1 is 1.38 bits per heavy atom. The lowest BCUT2D eigenvalue weighted by Crippen LogP contribution is -2.05. The van der Waals surface area contributed by atoms with Gasteiger partial charge in [0.05, 0.1) is 6.61 Å². The van der Waals surface area contributed by atoms with Crippen LogP contribution >= 0.6 is 0 Å². The first-order chi connectivity index (χ1) is 6.33. The van der Waals surface area contributed by atoms with E-state index in [0.29, 0.717) is 12.2 Å². The van der Waals surface area contributed by atoms with Gasteiger partial charge in [0, 0.05) is 6.42 Å². The molecule has 2 atom stereocenters. The van der Waals surface area contributed by atoms with E-state index < -0.39 is 0 Å². The van der Waals surface area contributed by atoms with Crippen LogP contribution in [0.3, 0.4) is 0 Å². The number of hydrogen-bond acceptors (Lipinski definition) is 2. The second-order valence-electron chi connectivity index (χ2n) is 3.82. The fourth-order valence-corrected chi connectivity index (χ4v) is 1.88. The molecule has 0 aromatic heterocycles. The number of benzene rings is 1. The molecule has 1 fully saturated rings. The summed E-state index contributed by atoms with van der Waals surface area (Å²) < 4.78 is 10.9. The minimum Gasteiger partial charge on any atom is -0.490 e. The van der Waals surface area contributed by atoms with Gasteiger partial charge in [0.15, 0.2) is 0 Å². The average Bonchev–Trinajstić information content (AvgIpc) is 2.87. The van der Waals surface area contributed by atoms with Crippen LogP contribution in [0.1, 0.15) is 24.2 Å². The van der Waals surface area contributed by atoms with Crippen LogP contribution in [0.25, 0.3) is 0 Å². The molecule has 1 aromatic carbocycles. The number of hydrogen-bond donors (Lipinski definition) is 0. The molecular formula is C11H12O2. The topological polar surface area (TPSA) is 21.8 Å². The Kier molecular flexibility index (Phi) is 1.41. The Bertz CT molecular complexity index is 342. The second kappa shape index (κ2) is 2.48. The van der Waals surface area contributed by atoms with Gasteiger partial charge in [-0.05, 0) is 30.2 Å². The first kappa shape index (κ1) is 7.39. The standard InChI is InChI=1S/C11H12O2/c1-7-4-9-5-8(11-6-12-11)2-3-10(9)13-7/h2-3,5,7,11H,4,6H2,1H3. The van der Waals surface area contributed by atoms with Crippen LogP contribution in [0.4, 0.5) is 0 Å². The van der Waals surface area contributed by atoms with Crippen molar-refractivity contribution in [1.82, 2.24) is 0 Å². The quantitative estimate of drug-likeness (QED) is 0.611. The van der Waals surface area contributed by atoms with E-state index in [4.69, 9.17) is 9.47 Å². The first-order valence-corrected chi connectivity index (χ1v) is 4.74. The van der Waals surface area contributed by atoms with Gasteiger partial charge in [0.25, 0.3) is 0 Å². The predicted octanol–water partition coefficient (Wildman–Crippen LogP) is 2.08. The molecule has 0 saturated carbocycles. The molecule has 68 valence electrons. The molecule has 0 bridgehead atoms.